The lowest BCUT2D eigenvalue weighted by Crippen LogP contribution is -2.09. The summed E-state index contributed by atoms with van der Waals surface area (Å²) in [5.74, 6) is -0.343. The Morgan fingerprint density at radius 3 is 2.57 bits per heavy atom. The minimum absolute atomic E-state index is 0.0382. The second-order valence-corrected chi connectivity index (χ2v) is 3.75. The van der Waals surface area contributed by atoms with Gasteiger partial charge in [0.2, 0.25) is 11.6 Å². The van der Waals surface area contributed by atoms with Crippen LogP contribution in [-0.2, 0) is 0 Å². The molecule has 0 atom stereocenters. The highest BCUT2D eigenvalue weighted by Gasteiger charge is 2.34. The van der Waals surface area contributed by atoms with Gasteiger partial charge in [0.25, 0.3) is 0 Å². The molecule has 0 radical (unpaired) electrons. The average molecular weight is 292 g/mol. The molecule has 0 saturated heterocycles. The Morgan fingerprint density at radius 2 is 2.00 bits per heavy atom. The summed E-state index contributed by atoms with van der Waals surface area (Å²) in [5.41, 5.74) is 3.47. The summed E-state index contributed by atoms with van der Waals surface area (Å²) in [6.45, 7) is 0. The lowest BCUT2D eigenvalue weighted by Gasteiger charge is -2.04. The number of anilines is 1. The minimum Gasteiger partial charge on any atom is -0.366 e. The third-order valence-electron chi connectivity index (χ3n) is 2.62. The smallest absolute Gasteiger partial charge is 0.331 e. The fourth-order valence-corrected chi connectivity index (χ4v) is 1.82. The first-order valence-electron chi connectivity index (χ1n) is 5.21. The number of benzene rings is 1. The zero-order valence-electron chi connectivity index (χ0n) is 9.87. The summed E-state index contributed by atoms with van der Waals surface area (Å²) in [5, 5.41) is 41.9. The van der Waals surface area contributed by atoms with Gasteiger partial charge in [-0.15, -0.1) is 5.10 Å². The number of tetrazole rings is 1. The van der Waals surface area contributed by atoms with Gasteiger partial charge in [-0.05, 0) is 10.4 Å². The molecule has 0 spiro atoms. The Labute approximate surface area is 112 Å². The van der Waals surface area contributed by atoms with E-state index < -0.39 is 26.9 Å². The van der Waals surface area contributed by atoms with Crippen LogP contribution in [0.4, 0.5) is 17.3 Å². The zero-order valence-corrected chi connectivity index (χ0v) is 9.87. The number of nitro benzene ring substituents is 2. The van der Waals surface area contributed by atoms with Crippen LogP contribution < -0.4 is 5.73 Å². The van der Waals surface area contributed by atoms with Gasteiger partial charge in [0.1, 0.15) is 5.52 Å². The van der Waals surface area contributed by atoms with Gasteiger partial charge in [-0.25, -0.2) is 0 Å². The second-order valence-electron chi connectivity index (χ2n) is 3.75. The van der Waals surface area contributed by atoms with E-state index in [9.17, 15) is 20.2 Å². The SMILES string of the molecule is Nc1nnnn1-c1c([N+](=O)[O-])cc2n[nH]nc2c1[N+](=O)[O-]. The first-order valence-corrected chi connectivity index (χ1v) is 5.21. The van der Waals surface area contributed by atoms with E-state index in [2.05, 4.69) is 30.9 Å². The lowest BCUT2D eigenvalue weighted by atomic mass is 10.2. The summed E-state index contributed by atoms with van der Waals surface area (Å²) >= 11 is 0. The standard InChI is InChI=1S/C7H4N10O4/c8-7-11-13-14-15(7)5-3(16(18)19)1-2-4(10-12-9-2)6(5)17(20)21/h1H,(H2,8,11,14)(H,9,10,12). The molecule has 0 bridgehead atoms. The van der Waals surface area contributed by atoms with Crippen LogP contribution in [0.2, 0.25) is 0 Å². The van der Waals surface area contributed by atoms with Crippen molar-refractivity contribution in [2.45, 2.75) is 0 Å². The number of hydrogen-bond donors (Lipinski definition) is 2. The summed E-state index contributed by atoms with van der Waals surface area (Å²) in [6.07, 6.45) is 0. The molecule has 106 valence electrons. The van der Waals surface area contributed by atoms with Gasteiger partial charge in [-0.1, -0.05) is 5.10 Å². The van der Waals surface area contributed by atoms with Crippen molar-refractivity contribution in [2.24, 2.45) is 0 Å². The van der Waals surface area contributed by atoms with Crippen molar-refractivity contribution in [2.75, 3.05) is 5.73 Å². The molecule has 3 aromatic rings. The van der Waals surface area contributed by atoms with E-state index in [0.717, 1.165) is 6.07 Å². The van der Waals surface area contributed by atoms with Gasteiger partial charge in [-0.2, -0.15) is 15.0 Å². The average Bonchev–Trinajstić information content (AvgIpc) is 3.03. The molecule has 0 amide bonds. The lowest BCUT2D eigenvalue weighted by molar-refractivity contribution is -0.392. The number of nitrogens with zero attached hydrogens (tertiary/aromatic N) is 8. The van der Waals surface area contributed by atoms with E-state index in [4.69, 9.17) is 5.73 Å². The number of rotatable bonds is 3. The largest absolute Gasteiger partial charge is 0.366 e. The number of nitrogen functional groups attached to an aromatic ring is 1. The number of aromatic amines is 1. The van der Waals surface area contributed by atoms with E-state index in [-0.39, 0.29) is 17.0 Å². The number of aromatic nitrogens is 7. The molecule has 21 heavy (non-hydrogen) atoms. The summed E-state index contributed by atoms with van der Waals surface area (Å²) in [6, 6.07) is 1.02. The van der Waals surface area contributed by atoms with Gasteiger partial charge in [0.15, 0.2) is 5.52 Å². The van der Waals surface area contributed by atoms with Crippen molar-refractivity contribution in [1.29, 1.82) is 0 Å². The molecule has 0 aliphatic heterocycles. The highest BCUT2D eigenvalue weighted by atomic mass is 16.6. The maximum atomic E-state index is 11.3. The van der Waals surface area contributed by atoms with Gasteiger partial charge in [0, 0.05) is 6.07 Å². The Bertz CT molecular complexity index is 881. The normalized spacial score (nSPS) is 10.9. The van der Waals surface area contributed by atoms with Crippen molar-refractivity contribution in [3.05, 3.63) is 26.3 Å². The van der Waals surface area contributed by atoms with Crippen LogP contribution in [0.25, 0.3) is 16.7 Å². The number of nitro groups is 2. The molecule has 2 heterocycles. The van der Waals surface area contributed by atoms with Crippen LogP contribution in [0.5, 0.6) is 0 Å². The van der Waals surface area contributed by atoms with E-state index in [1.807, 2.05) is 0 Å². The third kappa shape index (κ3) is 1.70. The van der Waals surface area contributed by atoms with Crippen LogP contribution in [0, 0.1) is 20.2 Å². The highest BCUT2D eigenvalue weighted by molar-refractivity contribution is 5.92. The molecule has 0 aliphatic rings. The first kappa shape index (κ1) is 12.3. The van der Waals surface area contributed by atoms with Gasteiger partial charge >= 0.3 is 11.4 Å². The third-order valence-corrected chi connectivity index (χ3v) is 2.62. The maximum Gasteiger partial charge on any atom is 0.331 e. The van der Waals surface area contributed by atoms with Crippen LogP contribution >= 0.6 is 0 Å². The van der Waals surface area contributed by atoms with Gasteiger partial charge in [-0.3, -0.25) is 20.2 Å². The first-order chi connectivity index (χ1) is 10.0. The zero-order chi connectivity index (χ0) is 15.1. The van der Waals surface area contributed by atoms with E-state index in [1.54, 1.807) is 0 Å². The Hall–Kier alpha value is -3.71. The molecule has 14 nitrogen and oxygen atoms in total. The van der Waals surface area contributed by atoms with Crippen molar-refractivity contribution < 1.29 is 9.85 Å². The Balaban J connectivity index is 2.52. The predicted octanol–water partition coefficient (Wildman–Crippen LogP) is -0.668. The molecule has 0 unspecified atom stereocenters. The fourth-order valence-electron chi connectivity index (χ4n) is 1.82. The topological polar surface area (TPSA) is 197 Å². The van der Waals surface area contributed by atoms with Gasteiger partial charge in [0.05, 0.1) is 9.85 Å². The van der Waals surface area contributed by atoms with Crippen LogP contribution in [0.1, 0.15) is 0 Å². The van der Waals surface area contributed by atoms with Crippen LogP contribution in [0.3, 0.4) is 0 Å². The minimum atomic E-state index is -0.839. The van der Waals surface area contributed by atoms with Crippen molar-refractivity contribution >= 4 is 28.4 Å². The van der Waals surface area contributed by atoms with Crippen molar-refractivity contribution in [3.63, 3.8) is 0 Å². The van der Waals surface area contributed by atoms with Crippen LogP contribution in [0.15, 0.2) is 6.07 Å². The molecular formula is C7H4N10O4. The fraction of sp³-hybridized carbons (Fsp3) is 0. The molecule has 14 heteroatoms. The quantitative estimate of drug-likeness (QED) is 0.460. The Morgan fingerprint density at radius 1 is 1.24 bits per heavy atom. The molecule has 3 rings (SSSR count). The molecular weight excluding hydrogens is 288 g/mol. The van der Waals surface area contributed by atoms with Crippen molar-refractivity contribution in [3.8, 4) is 5.69 Å². The summed E-state index contributed by atoms with van der Waals surface area (Å²) < 4.78 is 0.699. The van der Waals surface area contributed by atoms with E-state index >= 15 is 0 Å². The molecule has 0 fully saturated rings. The number of hydrogen-bond acceptors (Lipinski definition) is 10. The molecule has 3 N–H and O–H groups in total. The Kier molecular flexibility index (Phi) is 2.44. The molecule has 1 aromatic carbocycles. The highest BCUT2D eigenvalue weighted by Crippen LogP contribution is 2.37. The number of H-pyrrole nitrogens is 1. The van der Waals surface area contributed by atoms with E-state index in [0.29, 0.717) is 4.68 Å². The summed E-state index contributed by atoms with van der Waals surface area (Å²) in [7, 11) is 0. The monoisotopic (exact) mass is 292 g/mol. The number of nitrogens with two attached hydrogens (primary N) is 1. The van der Waals surface area contributed by atoms with E-state index in [1.165, 1.54) is 0 Å². The predicted molar refractivity (Wildman–Crippen MR) is 64.3 cm³/mol. The molecule has 0 aliphatic carbocycles. The van der Waals surface area contributed by atoms with Gasteiger partial charge < -0.3 is 5.73 Å². The van der Waals surface area contributed by atoms with Crippen molar-refractivity contribution in [1.82, 2.24) is 35.6 Å². The molecule has 0 saturated carbocycles. The second kappa shape index (κ2) is 4.15. The molecule has 2 aromatic heterocycles. The van der Waals surface area contributed by atoms with Crippen LogP contribution in [-0.4, -0.2) is 45.5 Å². The summed E-state index contributed by atoms with van der Waals surface area (Å²) in [4.78, 5) is 20.8. The number of fused-ring (bicyclic) bond motifs is 1. The maximum absolute atomic E-state index is 11.3. The number of nitrogens with one attached hydrogen (secondary N) is 1.